The molecule has 1 atom stereocenters. The normalized spacial score (nSPS) is 12.4. The molecule has 10 heteroatoms. The molecule has 0 aliphatic heterocycles. The van der Waals surface area contributed by atoms with Crippen LogP contribution in [-0.2, 0) is 18.5 Å². The van der Waals surface area contributed by atoms with Crippen LogP contribution in [0.3, 0.4) is 0 Å². The summed E-state index contributed by atoms with van der Waals surface area (Å²) in [6.45, 7) is 7.34. The number of hydrogen-bond donors (Lipinski definition) is 1. The Hall–Kier alpha value is -4.70. The van der Waals surface area contributed by atoms with Gasteiger partial charge in [-0.05, 0) is 72.3 Å². The highest BCUT2D eigenvalue weighted by Gasteiger charge is 2.35. The fourth-order valence-electron chi connectivity index (χ4n) is 5.49. The topological polar surface area (TPSA) is 107 Å². The fraction of sp³-hybridized carbons (Fsp3) is 0.353. The number of hydrogen-bond acceptors (Lipinski definition) is 8. The van der Waals surface area contributed by atoms with Crippen molar-refractivity contribution in [3.05, 3.63) is 106 Å². The van der Waals surface area contributed by atoms with Crippen LogP contribution < -0.4 is 19.8 Å². The van der Waals surface area contributed by atoms with Crippen molar-refractivity contribution in [2.24, 2.45) is 0 Å². The number of nitrogens with one attached hydrogen (secondary N) is 1. The van der Waals surface area contributed by atoms with Gasteiger partial charge in [0.15, 0.2) is 17.3 Å². The zero-order valence-corrected chi connectivity index (χ0v) is 26.2. The lowest BCUT2D eigenvalue weighted by molar-refractivity contribution is 0.187. The molecule has 0 saturated heterocycles. The molecule has 1 N–H and O–H groups in total. The van der Waals surface area contributed by atoms with Gasteiger partial charge in [-0.1, -0.05) is 49.4 Å². The third kappa shape index (κ3) is 6.30. The van der Waals surface area contributed by atoms with Crippen molar-refractivity contribution in [1.29, 1.82) is 0 Å². The van der Waals surface area contributed by atoms with E-state index in [-0.39, 0.29) is 5.56 Å². The molecule has 0 amide bonds. The van der Waals surface area contributed by atoms with E-state index in [1.54, 1.807) is 21.3 Å². The zero-order chi connectivity index (χ0) is 31.3. The first kappa shape index (κ1) is 30.7. The number of fused-ring (bicyclic) bond motifs is 1. The molecule has 44 heavy (non-hydrogen) atoms. The predicted molar refractivity (Wildman–Crippen MR) is 170 cm³/mol. The van der Waals surface area contributed by atoms with Crippen molar-refractivity contribution < 1.29 is 14.2 Å². The number of nitrogens with zero attached hydrogens (tertiary/aromatic N) is 5. The van der Waals surface area contributed by atoms with E-state index in [0.717, 1.165) is 23.8 Å². The number of pyridine rings is 1. The average molecular weight is 597 g/mol. The minimum atomic E-state index is -0.592. The van der Waals surface area contributed by atoms with E-state index in [9.17, 15) is 4.79 Å². The third-order valence-corrected chi connectivity index (χ3v) is 8.31. The van der Waals surface area contributed by atoms with Crippen molar-refractivity contribution >= 4 is 10.9 Å². The summed E-state index contributed by atoms with van der Waals surface area (Å²) in [6, 6.07) is 23.2. The second-order valence-electron chi connectivity index (χ2n) is 11.4. The van der Waals surface area contributed by atoms with Gasteiger partial charge in [0.05, 0.1) is 32.4 Å². The molecule has 5 rings (SSSR count). The molecule has 0 spiro atoms. The number of benzene rings is 3. The number of aromatic nitrogens is 5. The van der Waals surface area contributed by atoms with Gasteiger partial charge in [0.2, 0.25) is 0 Å². The number of H-pyrrole nitrogens is 1. The molecule has 0 aliphatic rings. The highest BCUT2D eigenvalue weighted by Crippen LogP contribution is 2.36. The molecule has 3 aromatic carbocycles. The van der Waals surface area contributed by atoms with Gasteiger partial charge in [0, 0.05) is 30.3 Å². The first-order valence-corrected chi connectivity index (χ1v) is 14.8. The number of ether oxygens (including phenoxy) is 3. The zero-order valence-electron chi connectivity index (χ0n) is 26.2. The molecular weight excluding hydrogens is 556 g/mol. The molecule has 0 fully saturated rings. The summed E-state index contributed by atoms with van der Waals surface area (Å²) >= 11 is 0. The SMILES string of the molecule is CCC(C)(C)n1nnnc1C(c1cc2ccc(OC)cc2[nH]c1=O)N(CCc1ccccc1)Cc1cccc(OC)c1OC. The molecular formula is C34H40N6O4. The molecule has 0 radical (unpaired) electrons. The lowest BCUT2D eigenvalue weighted by Gasteiger charge is -2.34. The summed E-state index contributed by atoms with van der Waals surface area (Å²) in [6.07, 6.45) is 1.53. The smallest absolute Gasteiger partial charge is 0.253 e. The lowest BCUT2D eigenvalue weighted by Crippen LogP contribution is -2.39. The van der Waals surface area contributed by atoms with Gasteiger partial charge in [-0.25, -0.2) is 4.68 Å². The van der Waals surface area contributed by atoms with E-state index in [0.29, 0.717) is 47.2 Å². The Morgan fingerprint density at radius 1 is 0.955 bits per heavy atom. The number of rotatable bonds is 13. The van der Waals surface area contributed by atoms with Crippen molar-refractivity contribution in [2.45, 2.75) is 51.7 Å². The highest BCUT2D eigenvalue weighted by atomic mass is 16.5. The number of aromatic amines is 1. The van der Waals surface area contributed by atoms with E-state index in [2.05, 4.69) is 58.3 Å². The maximum atomic E-state index is 14.0. The summed E-state index contributed by atoms with van der Waals surface area (Å²) in [5, 5.41) is 14.0. The van der Waals surface area contributed by atoms with E-state index >= 15 is 0 Å². The molecule has 0 bridgehead atoms. The first-order chi connectivity index (χ1) is 21.3. The largest absolute Gasteiger partial charge is 0.497 e. The van der Waals surface area contributed by atoms with Crippen LogP contribution >= 0.6 is 0 Å². The molecule has 230 valence electrons. The molecule has 0 saturated carbocycles. The second-order valence-corrected chi connectivity index (χ2v) is 11.4. The van der Waals surface area contributed by atoms with Crippen LogP contribution in [0.5, 0.6) is 17.2 Å². The summed E-state index contributed by atoms with van der Waals surface area (Å²) in [5.74, 6) is 2.54. The van der Waals surface area contributed by atoms with Crippen LogP contribution in [0.4, 0.5) is 0 Å². The van der Waals surface area contributed by atoms with Gasteiger partial charge in [-0.3, -0.25) is 9.69 Å². The Morgan fingerprint density at radius 2 is 1.75 bits per heavy atom. The Balaban J connectivity index is 1.72. The Labute approximate surface area is 257 Å². The quantitative estimate of drug-likeness (QED) is 0.189. The van der Waals surface area contributed by atoms with Gasteiger partial charge in [0.1, 0.15) is 11.8 Å². The van der Waals surface area contributed by atoms with Crippen LogP contribution in [-0.4, -0.2) is 58.0 Å². The monoisotopic (exact) mass is 596 g/mol. The van der Waals surface area contributed by atoms with Crippen LogP contribution in [0.2, 0.25) is 0 Å². The van der Waals surface area contributed by atoms with E-state index in [1.807, 2.05) is 65.3 Å². The van der Waals surface area contributed by atoms with E-state index in [4.69, 9.17) is 14.2 Å². The molecule has 1 unspecified atom stereocenters. The summed E-state index contributed by atoms with van der Waals surface area (Å²) in [7, 11) is 4.87. The molecule has 10 nitrogen and oxygen atoms in total. The lowest BCUT2D eigenvalue weighted by atomic mass is 9.98. The summed E-state index contributed by atoms with van der Waals surface area (Å²) in [5.41, 5.74) is 2.72. The summed E-state index contributed by atoms with van der Waals surface area (Å²) < 4.78 is 18.7. The maximum absolute atomic E-state index is 14.0. The number of tetrazole rings is 1. The van der Waals surface area contributed by atoms with Gasteiger partial charge in [-0.15, -0.1) is 5.10 Å². The van der Waals surface area contributed by atoms with Crippen LogP contribution in [0.1, 0.15) is 55.7 Å². The second kappa shape index (κ2) is 13.3. The van der Waals surface area contributed by atoms with Crippen LogP contribution in [0.25, 0.3) is 10.9 Å². The summed E-state index contributed by atoms with van der Waals surface area (Å²) in [4.78, 5) is 19.4. The van der Waals surface area contributed by atoms with Gasteiger partial charge < -0.3 is 19.2 Å². The average Bonchev–Trinajstić information content (AvgIpc) is 3.54. The van der Waals surface area contributed by atoms with Crippen molar-refractivity contribution in [1.82, 2.24) is 30.1 Å². The molecule has 2 aromatic heterocycles. The van der Waals surface area contributed by atoms with Crippen molar-refractivity contribution in [3.63, 3.8) is 0 Å². The van der Waals surface area contributed by atoms with Gasteiger partial charge >= 0.3 is 0 Å². The van der Waals surface area contributed by atoms with Crippen LogP contribution in [0.15, 0.2) is 77.6 Å². The fourth-order valence-corrected chi connectivity index (χ4v) is 5.49. The van der Waals surface area contributed by atoms with E-state index in [1.165, 1.54) is 5.56 Å². The number of methoxy groups -OCH3 is 3. The maximum Gasteiger partial charge on any atom is 0.253 e. The third-order valence-electron chi connectivity index (χ3n) is 8.31. The standard InChI is InChI=1S/C34H40N6O4/c1-7-34(2,3)40-32(36-37-38-40)30(27-20-24-16-17-26(42-4)21-28(24)35-33(27)41)39(19-18-23-12-9-8-10-13-23)22-25-14-11-15-29(43-5)31(25)44-6/h8-17,20-21,30H,7,18-19,22H2,1-6H3,(H,35,41). The first-order valence-electron chi connectivity index (χ1n) is 14.8. The Morgan fingerprint density at radius 3 is 2.45 bits per heavy atom. The minimum absolute atomic E-state index is 0.220. The van der Waals surface area contributed by atoms with Gasteiger partial charge in [0.25, 0.3) is 5.56 Å². The molecule has 2 heterocycles. The highest BCUT2D eigenvalue weighted by molar-refractivity contribution is 5.80. The minimum Gasteiger partial charge on any atom is -0.497 e. The molecule has 5 aromatic rings. The number of para-hydroxylation sites is 1. The van der Waals surface area contributed by atoms with E-state index < -0.39 is 11.6 Å². The molecule has 0 aliphatic carbocycles. The predicted octanol–water partition coefficient (Wildman–Crippen LogP) is 5.52. The Kier molecular flexibility index (Phi) is 9.29. The van der Waals surface area contributed by atoms with Crippen molar-refractivity contribution in [2.75, 3.05) is 27.9 Å². The van der Waals surface area contributed by atoms with Crippen molar-refractivity contribution in [3.8, 4) is 17.2 Å². The van der Waals surface area contributed by atoms with Gasteiger partial charge in [-0.2, -0.15) is 0 Å². The Bertz CT molecular complexity index is 1770. The van der Waals surface area contributed by atoms with Crippen LogP contribution in [0, 0.1) is 0 Å².